The smallest absolute Gasteiger partial charge is 0.251 e. The van der Waals surface area contributed by atoms with E-state index in [1.54, 1.807) is 0 Å². The quantitative estimate of drug-likeness (QED) is 0.880. The molecule has 2 nitrogen and oxygen atoms in total. The highest BCUT2D eigenvalue weighted by atomic mass is 16.1. The van der Waals surface area contributed by atoms with Crippen molar-refractivity contribution in [2.24, 2.45) is 0 Å². The summed E-state index contributed by atoms with van der Waals surface area (Å²) >= 11 is 0. The fourth-order valence-electron chi connectivity index (χ4n) is 3.03. The van der Waals surface area contributed by atoms with Crippen LogP contribution in [0, 0.1) is 13.8 Å². The van der Waals surface area contributed by atoms with Gasteiger partial charge in [-0.05, 0) is 67.5 Å². The molecule has 0 radical (unpaired) electrons. The Morgan fingerprint density at radius 2 is 1.90 bits per heavy atom. The summed E-state index contributed by atoms with van der Waals surface area (Å²) in [6.07, 6.45) is 3.27. The minimum absolute atomic E-state index is 0.0276. The minimum atomic E-state index is 0.0276. The van der Waals surface area contributed by atoms with Gasteiger partial charge < -0.3 is 5.32 Å². The molecule has 0 saturated heterocycles. The van der Waals surface area contributed by atoms with E-state index in [4.69, 9.17) is 0 Å². The van der Waals surface area contributed by atoms with Crippen LogP contribution in [0.4, 0.5) is 0 Å². The minimum Gasteiger partial charge on any atom is -0.345 e. The van der Waals surface area contributed by atoms with Crippen molar-refractivity contribution in [2.45, 2.75) is 39.2 Å². The maximum atomic E-state index is 12.5. The van der Waals surface area contributed by atoms with Crippen molar-refractivity contribution in [3.63, 3.8) is 0 Å². The summed E-state index contributed by atoms with van der Waals surface area (Å²) in [5.74, 6) is 0.0276. The van der Waals surface area contributed by atoms with Gasteiger partial charge in [0.2, 0.25) is 0 Å². The number of amides is 1. The molecule has 0 spiro atoms. The molecule has 2 heteroatoms. The predicted octanol–water partition coefficient (Wildman–Crippen LogP) is 4.11. The number of benzene rings is 2. The summed E-state index contributed by atoms with van der Waals surface area (Å²) in [5.41, 5.74) is 5.78. The van der Waals surface area contributed by atoms with E-state index < -0.39 is 0 Å². The van der Waals surface area contributed by atoms with Crippen LogP contribution in [0.2, 0.25) is 0 Å². The fraction of sp³-hybridized carbons (Fsp3) is 0.316. The van der Waals surface area contributed by atoms with Gasteiger partial charge in [-0.25, -0.2) is 0 Å². The molecule has 0 fully saturated rings. The van der Waals surface area contributed by atoms with Gasteiger partial charge in [0.15, 0.2) is 0 Å². The Bertz CT molecular complexity index is 675. The van der Waals surface area contributed by atoms with E-state index in [0.717, 1.165) is 30.4 Å². The lowest BCUT2D eigenvalue weighted by Crippen LogP contribution is -2.31. The van der Waals surface area contributed by atoms with Crippen molar-refractivity contribution in [3.8, 4) is 0 Å². The number of fused-ring (bicyclic) bond motifs is 1. The predicted molar refractivity (Wildman–Crippen MR) is 85.5 cm³/mol. The number of nitrogens with one attached hydrogen (secondary N) is 1. The molecule has 0 aliphatic heterocycles. The molecular weight excluding hydrogens is 258 g/mol. The van der Waals surface area contributed by atoms with Crippen LogP contribution in [0.15, 0.2) is 42.5 Å². The van der Waals surface area contributed by atoms with Crippen LogP contribution >= 0.6 is 0 Å². The second kappa shape index (κ2) is 5.72. The van der Waals surface area contributed by atoms with Crippen molar-refractivity contribution in [1.29, 1.82) is 0 Å². The SMILES string of the molecule is Cc1ccc(C(=O)NC2CCCc3ccccc32)cc1C. The normalized spacial score (nSPS) is 17.1. The Kier molecular flexibility index (Phi) is 3.78. The zero-order valence-corrected chi connectivity index (χ0v) is 12.6. The van der Waals surface area contributed by atoms with E-state index in [0.29, 0.717) is 0 Å². The van der Waals surface area contributed by atoms with Crippen LogP contribution in [-0.4, -0.2) is 5.91 Å². The van der Waals surface area contributed by atoms with Gasteiger partial charge in [0.1, 0.15) is 0 Å². The van der Waals surface area contributed by atoms with Gasteiger partial charge >= 0.3 is 0 Å². The molecule has 0 heterocycles. The van der Waals surface area contributed by atoms with Crippen molar-refractivity contribution in [2.75, 3.05) is 0 Å². The number of hydrogen-bond donors (Lipinski definition) is 1. The summed E-state index contributed by atoms with van der Waals surface area (Å²) in [4.78, 5) is 12.5. The molecule has 3 rings (SSSR count). The van der Waals surface area contributed by atoms with Crippen LogP contribution in [0.3, 0.4) is 0 Å². The average Bonchev–Trinajstić information content (AvgIpc) is 2.50. The lowest BCUT2D eigenvalue weighted by Gasteiger charge is -2.26. The van der Waals surface area contributed by atoms with E-state index in [1.807, 2.05) is 25.1 Å². The molecular formula is C19H21NO. The molecule has 1 atom stereocenters. The third kappa shape index (κ3) is 2.85. The first-order chi connectivity index (χ1) is 10.1. The average molecular weight is 279 g/mol. The summed E-state index contributed by atoms with van der Waals surface area (Å²) < 4.78 is 0. The van der Waals surface area contributed by atoms with E-state index in [1.165, 1.54) is 16.7 Å². The van der Waals surface area contributed by atoms with E-state index >= 15 is 0 Å². The van der Waals surface area contributed by atoms with Crippen LogP contribution in [0.1, 0.15) is 51.5 Å². The van der Waals surface area contributed by atoms with Crippen molar-refractivity contribution in [1.82, 2.24) is 5.32 Å². The second-order valence-corrected chi connectivity index (χ2v) is 5.92. The number of rotatable bonds is 2. The standard InChI is InChI=1S/C19H21NO/c1-13-10-11-16(12-14(13)2)19(21)20-18-9-5-7-15-6-3-4-8-17(15)18/h3-4,6,8,10-12,18H,5,7,9H2,1-2H3,(H,20,21). The van der Waals surface area contributed by atoms with Gasteiger partial charge in [0, 0.05) is 5.56 Å². The molecule has 2 aromatic carbocycles. The highest BCUT2D eigenvalue weighted by molar-refractivity contribution is 5.94. The van der Waals surface area contributed by atoms with Gasteiger partial charge in [-0.2, -0.15) is 0 Å². The number of hydrogen-bond acceptors (Lipinski definition) is 1. The monoisotopic (exact) mass is 279 g/mol. The molecule has 1 amide bonds. The Morgan fingerprint density at radius 3 is 2.71 bits per heavy atom. The topological polar surface area (TPSA) is 29.1 Å². The number of carbonyl (C=O) groups is 1. The Morgan fingerprint density at radius 1 is 1.10 bits per heavy atom. The first kappa shape index (κ1) is 13.9. The molecule has 1 aliphatic carbocycles. The first-order valence-electron chi connectivity index (χ1n) is 7.61. The molecule has 2 aromatic rings. The largest absolute Gasteiger partial charge is 0.345 e. The molecule has 1 N–H and O–H groups in total. The molecule has 21 heavy (non-hydrogen) atoms. The number of aryl methyl sites for hydroxylation is 3. The summed E-state index contributed by atoms with van der Waals surface area (Å²) in [6, 6.07) is 14.5. The van der Waals surface area contributed by atoms with Crippen LogP contribution in [0.25, 0.3) is 0 Å². The zero-order chi connectivity index (χ0) is 14.8. The van der Waals surface area contributed by atoms with Gasteiger partial charge in [0.05, 0.1) is 6.04 Å². The maximum absolute atomic E-state index is 12.5. The number of carbonyl (C=O) groups excluding carboxylic acids is 1. The lowest BCUT2D eigenvalue weighted by atomic mass is 9.87. The molecule has 0 bridgehead atoms. The van der Waals surface area contributed by atoms with Crippen molar-refractivity contribution < 1.29 is 4.79 Å². The zero-order valence-electron chi connectivity index (χ0n) is 12.6. The summed E-state index contributed by atoms with van der Waals surface area (Å²) in [5, 5.41) is 3.20. The van der Waals surface area contributed by atoms with Gasteiger partial charge in [-0.15, -0.1) is 0 Å². The Balaban J connectivity index is 1.81. The molecule has 0 saturated carbocycles. The Labute approximate surface area is 126 Å². The fourth-order valence-corrected chi connectivity index (χ4v) is 3.03. The first-order valence-corrected chi connectivity index (χ1v) is 7.61. The van der Waals surface area contributed by atoms with Crippen molar-refractivity contribution >= 4 is 5.91 Å². The third-order valence-corrected chi connectivity index (χ3v) is 4.44. The van der Waals surface area contributed by atoms with Crippen molar-refractivity contribution in [3.05, 3.63) is 70.3 Å². The molecule has 1 unspecified atom stereocenters. The maximum Gasteiger partial charge on any atom is 0.251 e. The summed E-state index contributed by atoms with van der Waals surface area (Å²) in [6.45, 7) is 4.11. The second-order valence-electron chi connectivity index (χ2n) is 5.92. The van der Waals surface area contributed by atoms with Gasteiger partial charge in [-0.1, -0.05) is 30.3 Å². The van der Waals surface area contributed by atoms with E-state index in [2.05, 4.69) is 36.5 Å². The highest BCUT2D eigenvalue weighted by Crippen LogP contribution is 2.29. The molecule has 1 aliphatic rings. The van der Waals surface area contributed by atoms with E-state index in [9.17, 15) is 4.79 Å². The molecule has 108 valence electrons. The lowest BCUT2D eigenvalue weighted by molar-refractivity contribution is 0.0932. The third-order valence-electron chi connectivity index (χ3n) is 4.44. The van der Waals surface area contributed by atoms with E-state index in [-0.39, 0.29) is 11.9 Å². The van der Waals surface area contributed by atoms with Gasteiger partial charge in [0.25, 0.3) is 5.91 Å². The van der Waals surface area contributed by atoms with Crippen LogP contribution in [0.5, 0.6) is 0 Å². The Hall–Kier alpha value is -2.09. The summed E-state index contributed by atoms with van der Waals surface area (Å²) in [7, 11) is 0. The van der Waals surface area contributed by atoms with Crippen LogP contribution in [-0.2, 0) is 6.42 Å². The molecule has 0 aromatic heterocycles. The van der Waals surface area contributed by atoms with Gasteiger partial charge in [-0.3, -0.25) is 4.79 Å². The highest BCUT2D eigenvalue weighted by Gasteiger charge is 2.21. The van der Waals surface area contributed by atoms with Crippen LogP contribution < -0.4 is 5.32 Å².